The van der Waals surface area contributed by atoms with Crippen molar-refractivity contribution in [2.75, 3.05) is 13.2 Å². The van der Waals surface area contributed by atoms with Crippen molar-refractivity contribution in [2.24, 2.45) is 0 Å². The second kappa shape index (κ2) is 11.7. The smallest absolute Gasteiger partial charge is 0.261 e. The predicted molar refractivity (Wildman–Crippen MR) is 129 cm³/mol. The van der Waals surface area contributed by atoms with Gasteiger partial charge in [0.15, 0.2) is 6.61 Å². The van der Waals surface area contributed by atoms with E-state index in [-0.39, 0.29) is 25.0 Å². The van der Waals surface area contributed by atoms with Crippen LogP contribution < -0.4 is 10.1 Å². The number of aryl methyl sites for hydroxylation is 2. The van der Waals surface area contributed by atoms with Gasteiger partial charge in [0.05, 0.1) is 0 Å². The SMILES string of the molecule is CCCNC(=O)[C@@H](C)N(Cc1ccc(Cl)cc1Cl)C(=O)COc1cc(C)c(Br)c(C)c1. The molecule has 8 heteroatoms. The molecule has 1 atom stereocenters. The zero-order valence-corrected chi connectivity index (χ0v) is 21.2. The van der Waals surface area contributed by atoms with Gasteiger partial charge in [-0.05, 0) is 68.1 Å². The Balaban J connectivity index is 2.21. The Morgan fingerprint density at radius 2 is 1.81 bits per heavy atom. The molecule has 0 aliphatic heterocycles. The van der Waals surface area contributed by atoms with Gasteiger partial charge in [0, 0.05) is 27.6 Å². The number of benzene rings is 2. The number of carbonyl (C=O) groups is 2. The van der Waals surface area contributed by atoms with Crippen molar-refractivity contribution >= 4 is 50.9 Å². The topological polar surface area (TPSA) is 58.6 Å². The van der Waals surface area contributed by atoms with Gasteiger partial charge >= 0.3 is 0 Å². The van der Waals surface area contributed by atoms with Crippen LogP contribution in [0.3, 0.4) is 0 Å². The summed E-state index contributed by atoms with van der Waals surface area (Å²) in [5.74, 6) is 0.0538. The van der Waals surface area contributed by atoms with E-state index in [2.05, 4.69) is 21.2 Å². The maximum absolute atomic E-state index is 13.1. The van der Waals surface area contributed by atoms with E-state index in [1.54, 1.807) is 25.1 Å². The van der Waals surface area contributed by atoms with Gasteiger partial charge in [-0.15, -0.1) is 0 Å². The first-order chi connectivity index (χ1) is 14.6. The lowest BCUT2D eigenvalue weighted by atomic mass is 10.1. The summed E-state index contributed by atoms with van der Waals surface area (Å²) in [5, 5.41) is 3.78. The highest BCUT2D eigenvalue weighted by atomic mass is 79.9. The molecule has 5 nitrogen and oxygen atoms in total. The Morgan fingerprint density at radius 3 is 2.39 bits per heavy atom. The van der Waals surface area contributed by atoms with Crippen LogP contribution in [0.1, 0.15) is 37.0 Å². The Labute approximate surface area is 202 Å². The Kier molecular flexibility index (Phi) is 9.66. The molecule has 2 amide bonds. The number of halogens is 3. The number of carbonyl (C=O) groups excluding carboxylic acids is 2. The van der Waals surface area contributed by atoms with Crippen LogP contribution in [0.5, 0.6) is 5.75 Å². The predicted octanol–water partition coefficient (Wildman–Crippen LogP) is 5.70. The molecule has 0 bridgehead atoms. The van der Waals surface area contributed by atoms with Gasteiger partial charge in [-0.25, -0.2) is 0 Å². The zero-order valence-electron chi connectivity index (χ0n) is 18.1. The molecule has 0 fully saturated rings. The fourth-order valence-electron chi connectivity index (χ4n) is 3.03. The lowest BCUT2D eigenvalue weighted by Crippen LogP contribution is -2.49. The Hall–Kier alpha value is -1.76. The quantitative estimate of drug-likeness (QED) is 0.453. The number of nitrogens with one attached hydrogen (secondary N) is 1. The minimum absolute atomic E-state index is 0.164. The van der Waals surface area contributed by atoms with E-state index in [1.165, 1.54) is 4.90 Å². The van der Waals surface area contributed by atoms with Gasteiger partial charge in [-0.1, -0.05) is 52.1 Å². The highest BCUT2D eigenvalue weighted by molar-refractivity contribution is 9.10. The van der Waals surface area contributed by atoms with Crippen molar-refractivity contribution in [1.29, 1.82) is 0 Å². The van der Waals surface area contributed by atoms with Crippen LogP contribution in [0.25, 0.3) is 0 Å². The number of hydrogen-bond acceptors (Lipinski definition) is 3. The van der Waals surface area contributed by atoms with Crippen LogP contribution in [-0.4, -0.2) is 35.9 Å². The van der Waals surface area contributed by atoms with E-state index in [9.17, 15) is 9.59 Å². The monoisotopic (exact) mass is 528 g/mol. The van der Waals surface area contributed by atoms with Gasteiger partial charge in [-0.2, -0.15) is 0 Å². The lowest BCUT2D eigenvalue weighted by Gasteiger charge is -2.29. The molecule has 0 saturated heterocycles. The second-order valence-electron chi connectivity index (χ2n) is 7.38. The summed E-state index contributed by atoms with van der Waals surface area (Å²) in [6.45, 7) is 8.09. The molecule has 0 spiro atoms. The van der Waals surface area contributed by atoms with Crippen LogP contribution in [0.15, 0.2) is 34.8 Å². The minimum Gasteiger partial charge on any atom is -0.484 e. The first kappa shape index (κ1) is 25.5. The Morgan fingerprint density at radius 1 is 1.16 bits per heavy atom. The van der Waals surface area contributed by atoms with Gasteiger partial charge in [-0.3, -0.25) is 9.59 Å². The van der Waals surface area contributed by atoms with Crippen molar-refractivity contribution in [1.82, 2.24) is 10.2 Å². The second-order valence-corrected chi connectivity index (χ2v) is 9.02. The number of amides is 2. The molecule has 0 radical (unpaired) electrons. The number of hydrogen-bond donors (Lipinski definition) is 1. The van der Waals surface area contributed by atoms with E-state index in [0.717, 1.165) is 22.0 Å². The highest BCUT2D eigenvalue weighted by Gasteiger charge is 2.27. The molecule has 0 aliphatic rings. The maximum Gasteiger partial charge on any atom is 0.261 e. The first-order valence-electron chi connectivity index (χ1n) is 10.0. The average Bonchev–Trinajstić information content (AvgIpc) is 2.73. The molecule has 2 aromatic carbocycles. The number of ether oxygens (including phenoxy) is 1. The Bertz CT molecular complexity index is 929. The maximum atomic E-state index is 13.1. The summed E-state index contributed by atoms with van der Waals surface area (Å²) in [6, 6.07) is 8.11. The van der Waals surface area contributed by atoms with E-state index >= 15 is 0 Å². The molecule has 2 aromatic rings. The molecule has 168 valence electrons. The van der Waals surface area contributed by atoms with Crippen LogP contribution in [0.2, 0.25) is 10.0 Å². The lowest BCUT2D eigenvalue weighted by molar-refractivity contribution is -0.142. The van der Waals surface area contributed by atoms with Gasteiger partial charge in [0.2, 0.25) is 5.91 Å². The number of nitrogens with zero attached hydrogens (tertiary/aromatic N) is 1. The molecule has 0 saturated carbocycles. The van der Waals surface area contributed by atoms with Gasteiger partial charge in [0.1, 0.15) is 11.8 Å². The normalized spacial score (nSPS) is 11.7. The highest BCUT2D eigenvalue weighted by Crippen LogP contribution is 2.27. The van der Waals surface area contributed by atoms with Crippen LogP contribution in [-0.2, 0) is 16.1 Å². The molecular formula is C23H27BrCl2N2O3. The summed E-state index contributed by atoms with van der Waals surface area (Å²) in [6.07, 6.45) is 0.806. The molecule has 0 unspecified atom stereocenters. The van der Waals surface area contributed by atoms with Crippen LogP contribution >= 0.6 is 39.1 Å². The number of rotatable bonds is 9. The van der Waals surface area contributed by atoms with Crippen molar-refractivity contribution in [3.63, 3.8) is 0 Å². The minimum atomic E-state index is -0.692. The zero-order chi connectivity index (χ0) is 23.1. The van der Waals surface area contributed by atoms with Crippen molar-refractivity contribution < 1.29 is 14.3 Å². The van der Waals surface area contributed by atoms with Crippen LogP contribution in [0, 0.1) is 13.8 Å². The van der Waals surface area contributed by atoms with Crippen molar-refractivity contribution in [2.45, 2.75) is 46.7 Å². The first-order valence-corrected chi connectivity index (χ1v) is 11.6. The largest absolute Gasteiger partial charge is 0.484 e. The molecule has 0 aromatic heterocycles. The molecular weight excluding hydrogens is 503 g/mol. The third-order valence-electron chi connectivity index (χ3n) is 4.84. The third kappa shape index (κ3) is 7.13. The molecule has 31 heavy (non-hydrogen) atoms. The van der Waals surface area contributed by atoms with Crippen molar-refractivity contribution in [3.05, 3.63) is 61.5 Å². The summed E-state index contributed by atoms with van der Waals surface area (Å²) in [7, 11) is 0. The van der Waals surface area contributed by atoms with E-state index in [0.29, 0.717) is 27.9 Å². The summed E-state index contributed by atoms with van der Waals surface area (Å²) >= 11 is 15.8. The standard InChI is InChI=1S/C23H27BrCl2N2O3/c1-5-8-27-23(30)16(4)28(12-17-6-7-18(25)11-20(17)26)21(29)13-31-19-9-14(2)22(24)15(3)10-19/h6-7,9-11,16H,5,8,12-13H2,1-4H3,(H,27,30)/t16-/m1/s1. The fourth-order valence-corrected chi connectivity index (χ4v) is 3.73. The molecule has 0 aliphatic carbocycles. The van der Waals surface area contributed by atoms with E-state index in [4.69, 9.17) is 27.9 Å². The van der Waals surface area contributed by atoms with Gasteiger partial charge < -0.3 is 15.0 Å². The molecule has 2 rings (SSSR count). The third-order valence-corrected chi connectivity index (χ3v) is 6.68. The van der Waals surface area contributed by atoms with E-state index in [1.807, 2.05) is 32.9 Å². The average molecular weight is 530 g/mol. The van der Waals surface area contributed by atoms with Gasteiger partial charge in [0.25, 0.3) is 5.91 Å². The summed E-state index contributed by atoms with van der Waals surface area (Å²) in [5.41, 5.74) is 2.73. The van der Waals surface area contributed by atoms with Crippen molar-refractivity contribution in [3.8, 4) is 5.75 Å². The molecule has 1 N–H and O–H groups in total. The molecule has 0 heterocycles. The summed E-state index contributed by atoms with van der Waals surface area (Å²) in [4.78, 5) is 27.1. The van der Waals surface area contributed by atoms with Crippen LogP contribution in [0.4, 0.5) is 0 Å². The fraction of sp³-hybridized carbons (Fsp3) is 0.391. The summed E-state index contributed by atoms with van der Waals surface area (Å²) < 4.78 is 6.77. The van der Waals surface area contributed by atoms with E-state index < -0.39 is 6.04 Å².